The zero-order valence-electron chi connectivity index (χ0n) is 17.2. The Kier molecular flexibility index (Phi) is 5.29. The number of fused-ring (bicyclic) bond motifs is 1. The molecule has 0 bridgehead atoms. The molecule has 0 atom stereocenters. The molecular weight excluding hydrogens is 408 g/mol. The van der Waals surface area contributed by atoms with Crippen LogP contribution in [0, 0.1) is 5.92 Å². The van der Waals surface area contributed by atoms with E-state index < -0.39 is 5.91 Å². The summed E-state index contributed by atoms with van der Waals surface area (Å²) in [6, 6.07) is 19.4. The van der Waals surface area contributed by atoms with E-state index in [1.165, 1.54) is 0 Å². The Morgan fingerprint density at radius 3 is 2.53 bits per heavy atom. The fourth-order valence-corrected chi connectivity index (χ4v) is 3.81. The van der Waals surface area contributed by atoms with Crippen LogP contribution in [0.5, 0.6) is 0 Å². The Balaban J connectivity index is 1.13. The summed E-state index contributed by atoms with van der Waals surface area (Å²) in [6.07, 6.45) is 1.28. The molecule has 3 N–H and O–H groups in total. The van der Waals surface area contributed by atoms with Gasteiger partial charge in [-0.25, -0.2) is 0 Å². The summed E-state index contributed by atoms with van der Waals surface area (Å²) >= 11 is 0. The fourth-order valence-electron chi connectivity index (χ4n) is 3.81. The second-order valence-corrected chi connectivity index (χ2v) is 7.70. The average Bonchev–Trinajstić information content (AvgIpc) is 3.51. The third kappa shape index (κ3) is 4.04. The number of anilines is 1. The molecule has 4 aromatic rings. The van der Waals surface area contributed by atoms with Crippen molar-refractivity contribution >= 4 is 28.9 Å². The average molecular weight is 430 g/mol. The number of aromatic nitrogens is 3. The number of nitrogens with one attached hydrogen (secondary N) is 3. The molecule has 0 radical (unpaired) electrons. The van der Waals surface area contributed by atoms with Crippen LogP contribution in [-0.4, -0.2) is 40.1 Å². The zero-order chi connectivity index (χ0) is 21.9. The van der Waals surface area contributed by atoms with Crippen molar-refractivity contribution in [3.8, 4) is 11.3 Å². The Labute approximate surface area is 183 Å². The summed E-state index contributed by atoms with van der Waals surface area (Å²) in [5.41, 5.74) is 8.40. The first-order valence-corrected chi connectivity index (χ1v) is 10.5. The van der Waals surface area contributed by atoms with Crippen LogP contribution in [0.25, 0.3) is 22.4 Å². The molecule has 1 saturated heterocycles. The highest BCUT2D eigenvalue weighted by atomic mass is 16.4. The second-order valence-electron chi connectivity index (χ2n) is 7.70. The van der Waals surface area contributed by atoms with Crippen LogP contribution in [0.3, 0.4) is 0 Å². The summed E-state index contributed by atoms with van der Waals surface area (Å²) in [5.74, 6) is -0.854. The Morgan fingerprint density at radius 2 is 1.75 bits per heavy atom. The van der Waals surface area contributed by atoms with Gasteiger partial charge in [0, 0.05) is 24.6 Å². The van der Waals surface area contributed by atoms with Crippen LogP contribution in [0.4, 0.5) is 6.01 Å². The number of benzene rings is 2. The molecule has 0 spiro atoms. The first-order valence-electron chi connectivity index (χ1n) is 10.5. The summed E-state index contributed by atoms with van der Waals surface area (Å²) in [4.78, 5) is 31.5. The van der Waals surface area contributed by atoms with Crippen LogP contribution in [-0.2, 0) is 4.79 Å². The SMILES string of the molecule is O=C(NNC(=O)C1CCN(c2nc3ccccc3o2)CC1)c1cc(-c2ccccc2)n[nH]1. The number of carbonyl (C=O) groups excluding carboxylic acids is 2. The number of piperidine rings is 1. The molecule has 1 fully saturated rings. The molecule has 0 aliphatic carbocycles. The van der Waals surface area contributed by atoms with Crippen molar-refractivity contribution in [1.82, 2.24) is 26.0 Å². The first kappa shape index (κ1) is 19.8. The highest BCUT2D eigenvalue weighted by Gasteiger charge is 2.27. The standard InChI is InChI=1S/C23H22N6O3/c30-21(27-28-22(31)19-14-18(25-26-19)15-6-2-1-3-7-15)16-10-12-29(13-11-16)23-24-17-8-4-5-9-20(17)32-23/h1-9,14,16H,10-13H2,(H,25,26)(H,27,30)(H,28,31). The molecule has 1 aliphatic heterocycles. The first-order chi connectivity index (χ1) is 15.7. The number of amides is 2. The zero-order valence-corrected chi connectivity index (χ0v) is 17.2. The summed E-state index contributed by atoms with van der Waals surface area (Å²) in [7, 11) is 0. The van der Waals surface area contributed by atoms with Crippen molar-refractivity contribution < 1.29 is 14.0 Å². The van der Waals surface area contributed by atoms with E-state index in [-0.39, 0.29) is 17.5 Å². The molecule has 0 unspecified atom stereocenters. The van der Waals surface area contributed by atoms with Gasteiger partial charge in [-0.2, -0.15) is 10.1 Å². The van der Waals surface area contributed by atoms with Gasteiger partial charge < -0.3 is 9.32 Å². The van der Waals surface area contributed by atoms with Gasteiger partial charge in [0.2, 0.25) is 5.91 Å². The lowest BCUT2D eigenvalue weighted by Crippen LogP contribution is -2.47. The summed E-state index contributed by atoms with van der Waals surface area (Å²) < 4.78 is 5.81. The number of oxazole rings is 1. The van der Waals surface area contributed by atoms with E-state index in [9.17, 15) is 9.59 Å². The Hall–Kier alpha value is -4.14. The van der Waals surface area contributed by atoms with Crippen LogP contribution >= 0.6 is 0 Å². The lowest BCUT2D eigenvalue weighted by molar-refractivity contribution is -0.126. The number of hydrogen-bond acceptors (Lipinski definition) is 6. The van der Waals surface area contributed by atoms with Crippen LogP contribution in [0.2, 0.25) is 0 Å². The van der Waals surface area contributed by atoms with E-state index in [4.69, 9.17) is 4.42 Å². The van der Waals surface area contributed by atoms with Crippen molar-refractivity contribution in [3.05, 3.63) is 66.4 Å². The molecule has 0 saturated carbocycles. The number of aromatic amines is 1. The molecule has 3 heterocycles. The molecule has 2 amide bonds. The topological polar surface area (TPSA) is 116 Å². The second kappa shape index (κ2) is 8.54. The Morgan fingerprint density at radius 1 is 1.00 bits per heavy atom. The lowest BCUT2D eigenvalue weighted by Gasteiger charge is -2.30. The molecular formula is C23H22N6O3. The lowest BCUT2D eigenvalue weighted by atomic mass is 9.96. The van der Waals surface area contributed by atoms with Gasteiger partial charge in [-0.15, -0.1) is 0 Å². The monoisotopic (exact) mass is 430 g/mol. The molecule has 9 nitrogen and oxygen atoms in total. The predicted octanol–water partition coefficient (Wildman–Crippen LogP) is 2.90. The predicted molar refractivity (Wildman–Crippen MR) is 119 cm³/mol. The van der Waals surface area contributed by atoms with Gasteiger partial charge in [0.05, 0.1) is 5.69 Å². The van der Waals surface area contributed by atoms with E-state index in [0.717, 1.165) is 16.7 Å². The molecule has 2 aromatic carbocycles. The van der Waals surface area contributed by atoms with Crippen molar-refractivity contribution in [2.75, 3.05) is 18.0 Å². The minimum Gasteiger partial charge on any atom is -0.423 e. The normalized spacial score (nSPS) is 14.4. The highest BCUT2D eigenvalue weighted by molar-refractivity contribution is 5.94. The van der Waals surface area contributed by atoms with Crippen LogP contribution in [0.15, 0.2) is 65.1 Å². The molecule has 32 heavy (non-hydrogen) atoms. The van der Waals surface area contributed by atoms with Gasteiger partial charge in [-0.3, -0.25) is 25.5 Å². The third-order valence-electron chi connectivity index (χ3n) is 5.61. The molecule has 162 valence electrons. The van der Waals surface area contributed by atoms with Gasteiger partial charge >= 0.3 is 0 Å². The molecule has 5 rings (SSSR count). The molecule has 1 aliphatic rings. The van der Waals surface area contributed by atoms with Crippen molar-refractivity contribution in [2.45, 2.75) is 12.8 Å². The number of nitrogens with zero attached hydrogens (tertiary/aromatic N) is 3. The number of H-pyrrole nitrogens is 1. The van der Waals surface area contributed by atoms with E-state index in [0.29, 0.717) is 37.6 Å². The molecule has 9 heteroatoms. The minimum atomic E-state index is -0.447. The van der Waals surface area contributed by atoms with Crippen LogP contribution in [0.1, 0.15) is 23.3 Å². The number of para-hydroxylation sites is 2. The van der Waals surface area contributed by atoms with Gasteiger partial charge in [0.15, 0.2) is 5.58 Å². The largest absolute Gasteiger partial charge is 0.423 e. The highest BCUT2D eigenvalue weighted by Crippen LogP contribution is 2.26. The van der Waals surface area contributed by atoms with E-state index >= 15 is 0 Å². The van der Waals surface area contributed by atoms with E-state index in [2.05, 4.69) is 26.0 Å². The Bertz CT molecular complexity index is 1210. The minimum absolute atomic E-state index is 0.197. The number of carbonyl (C=O) groups is 2. The van der Waals surface area contributed by atoms with Crippen molar-refractivity contribution in [1.29, 1.82) is 0 Å². The maximum absolute atomic E-state index is 12.5. The smallest absolute Gasteiger partial charge is 0.298 e. The summed E-state index contributed by atoms with van der Waals surface area (Å²) in [5, 5.41) is 6.86. The van der Waals surface area contributed by atoms with E-state index in [1.807, 2.05) is 59.5 Å². The maximum atomic E-state index is 12.5. The van der Waals surface area contributed by atoms with E-state index in [1.54, 1.807) is 6.07 Å². The van der Waals surface area contributed by atoms with Crippen molar-refractivity contribution in [3.63, 3.8) is 0 Å². The van der Waals surface area contributed by atoms with Gasteiger partial charge in [0.1, 0.15) is 11.2 Å². The maximum Gasteiger partial charge on any atom is 0.298 e. The summed E-state index contributed by atoms with van der Waals surface area (Å²) in [6.45, 7) is 1.31. The number of hydrazine groups is 1. The van der Waals surface area contributed by atoms with Crippen molar-refractivity contribution in [2.24, 2.45) is 5.92 Å². The van der Waals surface area contributed by atoms with Gasteiger partial charge in [0.25, 0.3) is 11.9 Å². The van der Waals surface area contributed by atoms with Gasteiger partial charge in [-0.05, 0) is 31.0 Å². The third-order valence-corrected chi connectivity index (χ3v) is 5.61. The fraction of sp³-hybridized carbons (Fsp3) is 0.217. The van der Waals surface area contributed by atoms with Gasteiger partial charge in [-0.1, -0.05) is 42.5 Å². The number of hydrogen-bond donors (Lipinski definition) is 3. The van der Waals surface area contributed by atoms with Crippen LogP contribution < -0.4 is 15.8 Å². The molecule has 2 aromatic heterocycles. The number of rotatable bonds is 4. The quantitative estimate of drug-likeness (QED) is 0.429.